The Hall–Kier alpha value is -1.73. The smallest absolute Gasteiger partial charge is 0.00420 e. The number of fused-ring (bicyclic) bond motifs is 1. The van der Waals surface area contributed by atoms with Crippen molar-refractivity contribution in [2.24, 2.45) is 0 Å². The molecule has 20 heavy (non-hydrogen) atoms. The summed E-state index contributed by atoms with van der Waals surface area (Å²) in [5.41, 5.74) is 2.81. The van der Waals surface area contributed by atoms with E-state index < -0.39 is 0 Å². The van der Waals surface area contributed by atoms with Gasteiger partial charge in [-0.15, -0.1) is 0 Å². The van der Waals surface area contributed by atoms with Gasteiger partial charge in [0.15, 0.2) is 0 Å². The summed E-state index contributed by atoms with van der Waals surface area (Å²) in [6.07, 6.45) is 2.38. The van der Waals surface area contributed by atoms with Crippen LogP contribution in [-0.2, 0) is 5.75 Å². The van der Waals surface area contributed by atoms with Gasteiger partial charge in [-0.25, -0.2) is 10.9 Å². The molecule has 1 atom stereocenters. The second-order valence-electron chi connectivity index (χ2n) is 5.33. The number of benzene rings is 3. The molecule has 0 aliphatic rings. The lowest BCUT2D eigenvalue weighted by Gasteiger charge is -2.18. The van der Waals surface area contributed by atoms with Gasteiger partial charge in [-0.2, -0.15) is 0 Å². The van der Waals surface area contributed by atoms with E-state index in [0.717, 1.165) is 5.75 Å². The van der Waals surface area contributed by atoms with Crippen LogP contribution in [0.15, 0.2) is 71.6 Å². The van der Waals surface area contributed by atoms with E-state index in [-0.39, 0.29) is 10.9 Å². The molecule has 0 fully saturated rings. The van der Waals surface area contributed by atoms with Crippen LogP contribution in [-0.4, -0.2) is 6.26 Å². The molecule has 3 aromatic carbocycles. The van der Waals surface area contributed by atoms with Crippen LogP contribution < -0.4 is 0 Å². The maximum Gasteiger partial charge on any atom is 0.00420 e. The summed E-state index contributed by atoms with van der Waals surface area (Å²) in [5.74, 6) is 1.15. The fraction of sp³-hybridized carbons (Fsp3) is 0.158. The molecule has 0 saturated carbocycles. The SMILES string of the molecule is Cc1ccc([SH](C)Cc2cccc3ccccc23)cc1. The number of rotatable bonds is 3. The van der Waals surface area contributed by atoms with Crippen LogP contribution in [0.5, 0.6) is 0 Å². The first-order valence-electron chi connectivity index (χ1n) is 6.98. The number of thiol groups is 1. The van der Waals surface area contributed by atoms with Gasteiger partial charge >= 0.3 is 0 Å². The van der Waals surface area contributed by atoms with Gasteiger partial charge < -0.3 is 0 Å². The van der Waals surface area contributed by atoms with Crippen molar-refractivity contribution in [1.29, 1.82) is 0 Å². The van der Waals surface area contributed by atoms with Gasteiger partial charge in [0.05, 0.1) is 0 Å². The third-order valence-electron chi connectivity index (χ3n) is 3.76. The monoisotopic (exact) mass is 280 g/mol. The molecule has 0 nitrogen and oxygen atoms in total. The molecule has 0 saturated heterocycles. The lowest BCUT2D eigenvalue weighted by atomic mass is 10.1. The van der Waals surface area contributed by atoms with Gasteiger partial charge in [0, 0.05) is 5.75 Å². The Morgan fingerprint density at radius 2 is 1.50 bits per heavy atom. The predicted octanol–water partition coefficient (Wildman–Crippen LogP) is 5.34. The second-order valence-corrected chi connectivity index (χ2v) is 7.56. The molecule has 102 valence electrons. The Morgan fingerprint density at radius 3 is 2.30 bits per heavy atom. The lowest BCUT2D eigenvalue weighted by Crippen LogP contribution is -1.90. The van der Waals surface area contributed by atoms with Crippen molar-refractivity contribution in [2.45, 2.75) is 17.6 Å². The molecule has 0 bridgehead atoms. The quantitative estimate of drug-likeness (QED) is 0.615. The molecule has 0 heterocycles. The van der Waals surface area contributed by atoms with E-state index in [9.17, 15) is 0 Å². The van der Waals surface area contributed by atoms with Crippen LogP contribution in [0.4, 0.5) is 0 Å². The molecule has 0 aliphatic carbocycles. The average molecular weight is 280 g/mol. The van der Waals surface area contributed by atoms with E-state index in [0.29, 0.717) is 0 Å². The average Bonchev–Trinajstić information content (AvgIpc) is 2.48. The van der Waals surface area contributed by atoms with Crippen molar-refractivity contribution in [3.05, 3.63) is 77.9 Å². The van der Waals surface area contributed by atoms with E-state index in [1.165, 1.54) is 26.8 Å². The van der Waals surface area contributed by atoms with E-state index in [2.05, 4.69) is 79.9 Å². The van der Waals surface area contributed by atoms with Crippen molar-refractivity contribution < 1.29 is 0 Å². The number of hydrogen-bond donors (Lipinski definition) is 1. The van der Waals surface area contributed by atoms with Crippen molar-refractivity contribution >= 4 is 21.7 Å². The predicted molar refractivity (Wildman–Crippen MR) is 92.0 cm³/mol. The molecule has 0 radical (unpaired) electrons. The summed E-state index contributed by atoms with van der Waals surface area (Å²) in [5, 5.41) is 2.74. The third kappa shape index (κ3) is 2.73. The van der Waals surface area contributed by atoms with Crippen molar-refractivity contribution in [3.63, 3.8) is 0 Å². The highest BCUT2D eigenvalue weighted by molar-refractivity contribution is 8.15. The molecule has 0 N–H and O–H groups in total. The standard InChI is InChI=1S/C19H20S/c1-15-10-12-18(13-11-15)20(2)14-17-8-5-7-16-6-3-4-9-19(16)17/h3-13,20H,14H2,1-2H3. The topological polar surface area (TPSA) is 0 Å². The third-order valence-corrected chi connectivity index (χ3v) is 5.76. The van der Waals surface area contributed by atoms with Gasteiger partial charge in [-0.1, -0.05) is 72.3 Å². The van der Waals surface area contributed by atoms with Gasteiger partial charge in [0.1, 0.15) is 0 Å². The molecular weight excluding hydrogens is 260 g/mol. The molecule has 3 aromatic rings. The normalized spacial score (nSPS) is 13.4. The first-order valence-corrected chi connectivity index (χ1v) is 8.96. The number of hydrogen-bond acceptors (Lipinski definition) is 0. The zero-order chi connectivity index (χ0) is 13.9. The van der Waals surface area contributed by atoms with Crippen LogP contribution >= 0.6 is 10.9 Å². The summed E-state index contributed by atoms with van der Waals surface area (Å²) >= 11 is 0. The summed E-state index contributed by atoms with van der Waals surface area (Å²) < 4.78 is 0. The minimum atomic E-state index is -0.138. The minimum absolute atomic E-state index is 0.138. The zero-order valence-corrected chi connectivity index (χ0v) is 12.9. The van der Waals surface area contributed by atoms with Gasteiger partial charge in [-0.3, -0.25) is 0 Å². The maximum atomic E-state index is 2.38. The minimum Gasteiger partial charge on any atom is -0.226 e. The highest BCUT2D eigenvalue weighted by Gasteiger charge is 2.05. The Balaban J connectivity index is 1.91. The maximum absolute atomic E-state index is 2.38. The Labute approximate surface area is 123 Å². The van der Waals surface area contributed by atoms with E-state index in [1.54, 1.807) is 0 Å². The van der Waals surface area contributed by atoms with E-state index in [1.807, 2.05) is 0 Å². The highest BCUT2D eigenvalue weighted by Crippen LogP contribution is 2.37. The fourth-order valence-corrected chi connectivity index (χ4v) is 4.20. The van der Waals surface area contributed by atoms with Crippen LogP contribution in [0, 0.1) is 6.92 Å². The summed E-state index contributed by atoms with van der Waals surface area (Å²) in [7, 11) is -0.138. The fourth-order valence-electron chi connectivity index (χ4n) is 2.58. The Morgan fingerprint density at radius 1 is 0.800 bits per heavy atom. The Bertz CT molecular complexity index is 708. The largest absolute Gasteiger partial charge is 0.226 e. The molecule has 0 aromatic heterocycles. The summed E-state index contributed by atoms with van der Waals surface area (Å²) in [6, 6.07) is 24.3. The van der Waals surface area contributed by atoms with Crippen LogP contribution in [0.3, 0.4) is 0 Å². The van der Waals surface area contributed by atoms with Crippen molar-refractivity contribution in [3.8, 4) is 0 Å². The molecule has 0 amide bonds. The summed E-state index contributed by atoms with van der Waals surface area (Å²) in [6.45, 7) is 2.15. The van der Waals surface area contributed by atoms with Crippen molar-refractivity contribution in [2.75, 3.05) is 6.26 Å². The van der Waals surface area contributed by atoms with E-state index >= 15 is 0 Å². The molecule has 1 unspecified atom stereocenters. The molecule has 3 rings (SSSR count). The zero-order valence-electron chi connectivity index (χ0n) is 12.0. The molecule has 1 heteroatoms. The van der Waals surface area contributed by atoms with Crippen LogP contribution in [0.25, 0.3) is 10.8 Å². The highest BCUT2D eigenvalue weighted by atomic mass is 32.2. The van der Waals surface area contributed by atoms with Crippen LogP contribution in [0.1, 0.15) is 11.1 Å². The van der Waals surface area contributed by atoms with Crippen LogP contribution in [0.2, 0.25) is 0 Å². The molecule has 0 aliphatic heterocycles. The number of aryl methyl sites for hydroxylation is 1. The summed E-state index contributed by atoms with van der Waals surface area (Å²) in [4.78, 5) is 1.48. The van der Waals surface area contributed by atoms with Gasteiger partial charge in [-0.05, 0) is 34.4 Å². The first-order chi connectivity index (χ1) is 9.74. The Kier molecular flexibility index (Phi) is 3.79. The van der Waals surface area contributed by atoms with E-state index in [4.69, 9.17) is 0 Å². The molecular formula is C19H20S. The van der Waals surface area contributed by atoms with Gasteiger partial charge in [0.25, 0.3) is 0 Å². The first kappa shape index (κ1) is 13.3. The van der Waals surface area contributed by atoms with Gasteiger partial charge in [0.2, 0.25) is 0 Å². The second kappa shape index (κ2) is 5.72. The lowest BCUT2D eigenvalue weighted by molar-refractivity contribution is 1.35. The molecule has 0 spiro atoms. The van der Waals surface area contributed by atoms with Crippen molar-refractivity contribution in [1.82, 2.24) is 0 Å².